The monoisotopic (exact) mass is 289 g/mol. The number of carbonyl (C=O) groups is 2. The topological polar surface area (TPSA) is 75.6 Å². The summed E-state index contributed by atoms with van der Waals surface area (Å²) in [6.45, 7) is -0.364. The van der Waals surface area contributed by atoms with Crippen molar-refractivity contribution in [3.8, 4) is 5.75 Å². The van der Waals surface area contributed by atoms with Crippen LogP contribution in [0.4, 0.5) is 5.69 Å². The molecule has 2 fully saturated rings. The zero-order valence-electron chi connectivity index (χ0n) is 11.7. The minimum atomic E-state index is -1.01. The highest BCUT2D eigenvalue weighted by Crippen LogP contribution is 2.49. The molecule has 0 atom stereocenters. The molecular formula is C16H19NO4. The highest BCUT2D eigenvalue weighted by Gasteiger charge is 2.45. The van der Waals surface area contributed by atoms with Gasteiger partial charge in [-0.3, -0.25) is 4.79 Å². The number of hydrogen-bond acceptors (Lipinski definition) is 3. The Morgan fingerprint density at radius 2 is 1.71 bits per heavy atom. The third kappa shape index (κ3) is 3.74. The summed E-state index contributed by atoms with van der Waals surface area (Å²) in [5.41, 5.74) is 0.731. The lowest BCUT2D eigenvalue weighted by Gasteiger charge is -2.15. The molecule has 1 aromatic carbocycles. The summed E-state index contributed by atoms with van der Waals surface area (Å²) >= 11 is 0. The lowest BCUT2D eigenvalue weighted by atomic mass is 9.97. The van der Waals surface area contributed by atoms with Crippen molar-refractivity contribution in [1.82, 2.24) is 0 Å². The third-order valence-electron chi connectivity index (χ3n) is 4.05. The van der Waals surface area contributed by atoms with Crippen LogP contribution in [0.25, 0.3) is 0 Å². The van der Waals surface area contributed by atoms with E-state index in [0.717, 1.165) is 5.69 Å². The van der Waals surface area contributed by atoms with Gasteiger partial charge in [0, 0.05) is 11.6 Å². The van der Waals surface area contributed by atoms with Gasteiger partial charge in [0.15, 0.2) is 6.61 Å². The fourth-order valence-corrected chi connectivity index (χ4v) is 2.73. The van der Waals surface area contributed by atoms with Crippen LogP contribution in [0, 0.1) is 17.8 Å². The fraction of sp³-hybridized carbons (Fsp3) is 0.500. The van der Waals surface area contributed by atoms with Gasteiger partial charge in [-0.15, -0.1) is 0 Å². The fourth-order valence-electron chi connectivity index (χ4n) is 2.73. The molecule has 0 spiro atoms. The van der Waals surface area contributed by atoms with E-state index in [0.29, 0.717) is 17.6 Å². The smallest absolute Gasteiger partial charge is 0.341 e. The van der Waals surface area contributed by atoms with Gasteiger partial charge in [0.05, 0.1) is 0 Å². The molecule has 1 aromatic rings. The summed E-state index contributed by atoms with van der Waals surface area (Å²) in [6, 6.07) is 6.82. The molecule has 2 aliphatic carbocycles. The molecule has 0 unspecified atom stereocenters. The number of ether oxygens (including phenoxy) is 1. The van der Waals surface area contributed by atoms with E-state index in [4.69, 9.17) is 9.84 Å². The minimum absolute atomic E-state index is 0.124. The summed E-state index contributed by atoms with van der Waals surface area (Å²) < 4.78 is 5.06. The second-order valence-electron chi connectivity index (χ2n) is 5.90. The first-order valence-electron chi connectivity index (χ1n) is 7.39. The largest absolute Gasteiger partial charge is 0.482 e. The highest BCUT2D eigenvalue weighted by molar-refractivity contribution is 5.93. The predicted molar refractivity (Wildman–Crippen MR) is 77.1 cm³/mol. The Labute approximate surface area is 123 Å². The van der Waals surface area contributed by atoms with E-state index in [1.165, 1.54) is 25.7 Å². The average Bonchev–Trinajstić information content (AvgIpc) is 3.32. The molecule has 21 heavy (non-hydrogen) atoms. The maximum atomic E-state index is 12.4. The Morgan fingerprint density at radius 3 is 2.19 bits per heavy atom. The van der Waals surface area contributed by atoms with Crippen LogP contribution in [0.2, 0.25) is 0 Å². The first-order chi connectivity index (χ1) is 10.1. The number of anilines is 1. The van der Waals surface area contributed by atoms with Crippen LogP contribution in [-0.4, -0.2) is 23.6 Å². The van der Waals surface area contributed by atoms with Crippen molar-refractivity contribution in [2.45, 2.75) is 25.7 Å². The lowest BCUT2D eigenvalue weighted by molar-refractivity contribution is -0.139. The van der Waals surface area contributed by atoms with Crippen molar-refractivity contribution in [2.75, 3.05) is 11.9 Å². The van der Waals surface area contributed by atoms with Crippen LogP contribution in [0.15, 0.2) is 24.3 Å². The van der Waals surface area contributed by atoms with E-state index >= 15 is 0 Å². The van der Waals surface area contributed by atoms with Gasteiger partial charge in [0.25, 0.3) is 0 Å². The van der Waals surface area contributed by atoms with Gasteiger partial charge in [0.1, 0.15) is 5.75 Å². The number of aliphatic carboxylic acids is 1. The van der Waals surface area contributed by atoms with Gasteiger partial charge in [0.2, 0.25) is 5.91 Å². The van der Waals surface area contributed by atoms with Crippen molar-refractivity contribution >= 4 is 17.6 Å². The van der Waals surface area contributed by atoms with Gasteiger partial charge in [-0.25, -0.2) is 4.79 Å². The molecule has 112 valence electrons. The predicted octanol–water partition coefficient (Wildman–Crippen LogP) is 2.52. The first kappa shape index (κ1) is 13.9. The maximum absolute atomic E-state index is 12.4. The van der Waals surface area contributed by atoms with Gasteiger partial charge in [-0.1, -0.05) is 0 Å². The van der Waals surface area contributed by atoms with Crippen molar-refractivity contribution < 1.29 is 19.4 Å². The Bertz CT molecular complexity index is 520. The number of carboxylic acids is 1. The van der Waals surface area contributed by atoms with E-state index in [9.17, 15) is 9.59 Å². The van der Waals surface area contributed by atoms with E-state index < -0.39 is 5.97 Å². The third-order valence-corrected chi connectivity index (χ3v) is 4.05. The van der Waals surface area contributed by atoms with Crippen molar-refractivity contribution in [1.29, 1.82) is 0 Å². The molecule has 5 nitrogen and oxygen atoms in total. The molecule has 1 amide bonds. The molecule has 0 bridgehead atoms. The summed E-state index contributed by atoms with van der Waals surface area (Å²) in [4.78, 5) is 22.8. The van der Waals surface area contributed by atoms with Crippen molar-refractivity contribution in [3.05, 3.63) is 24.3 Å². The summed E-state index contributed by atoms with van der Waals surface area (Å²) in [5, 5.41) is 11.5. The van der Waals surface area contributed by atoms with Gasteiger partial charge in [-0.05, 0) is 61.8 Å². The second kappa shape index (κ2) is 5.76. The number of hydrogen-bond donors (Lipinski definition) is 2. The number of carboxylic acid groups (broad SMARTS) is 1. The van der Waals surface area contributed by atoms with Crippen molar-refractivity contribution in [2.24, 2.45) is 17.8 Å². The van der Waals surface area contributed by atoms with Crippen molar-refractivity contribution in [3.63, 3.8) is 0 Å². The van der Waals surface area contributed by atoms with E-state index in [-0.39, 0.29) is 18.4 Å². The van der Waals surface area contributed by atoms with Crippen LogP contribution >= 0.6 is 0 Å². The molecule has 0 saturated heterocycles. The highest BCUT2D eigenvalue weighted by atomic mass is 16.5. The number of rotatable bonds is 7. The molecule has 2 aliphatic rings. The summed E-state index contributed by atoms with van der Waals surface area (Å²) in [7, 11) is 0. The second-order valence-corrected chi connectivity index (χ2v) is 5.90. The molecule has 3 rings (SSSR count). The van der Waals surface area contributed by atoms with Crippen LogP contribution in [0.1, 0.15) is 25.7 Å². The Kier molecular flexibility index (Phi) is 3.82. The van der Waals surface area contributed by atoms with E-state index in [2.05, 4.69) is 5.32 Å². The Morgan fingerprint density at radius 1 is 1.14 bits per heavy atom. The molecule has 2 saturated carbocycles. The van der Waals surface area contributed by atoms with Gasteiger partial charge < -0.3 is 15.2 Å². The first-order valence-corrected chi connectivity index (χ1v) is 7.39. The average molecular weight is 289 g/mol. The Balaban J connectivity index is 1.56. The maximum Gasteiger partial charge on any atom is 0.341 e. The zero-order valence-corrected chi connectivity index (χ0v) is 11.7. The van der Waals surface area contributed by atoms with Crippen LogP contribution in [0.5, 0.6) is 5.75 Å². The van der Waals surface area contributed by atoms with E-state index in [1.807, 2.05) is 0 Å². The normalized spacial score (nSPS) is 17.6. The molecule has 0 aliphatic heterocycles. The van der Waals surface area contributed by atoms with Gasteiger partial charge in [-0.2, -0.15) is 0 Å². The molecule has 0 heterocycles. The number of nitrogens with one attached hydrogen (secondary N) is 1. The van der Waals surface area contributed by atoms with Crippen LogP contribution in [-0.2, 0) is 9.59 Å². The molecule has 5 heteroatoms. The quantitative estimate of drug-likeness (QED) is 0.808. The van der Waals surface area contributed by atoms with Crippen LogP contribution < -0.4 is 10.1 Å². The van der Waals surface area contributed by atoms with Gasteiger partial charge >= 0.3 is 5.97 Å². The number of amides is 1. The summed E-state index contributed by atoms with van der Waals surface area (Å²) in [5.74, 6) is 0.930. The minimum Gasteiger partial charge on any atom is -0.482 e. The molecule has 0 aromatic heterocycles. The number of benzene rings is 1. The standard InChI is InChI=1S/C16H19NO4/c18-14(19)9-21-13-7-5-12(6-8-13)17-16(20)15(10-1-2-10)11-3-4-11/h5-8,10-11,15H,1-4,9H2,(H,17,20)(H,18,19). The zero-order chi connectivity index (χ0) is 14.8. The number of carbonyl (C=O) groups excluding carboxylic acids is 1. The van der Waals surface area contributed by atoms with E-state index in [1.54, 1.807) is 24.3 Å². The summed E-state index contributed by atoms with van der Waals surface area (Å²) in [6.07, 6.45) is 4.71. The molecular weight excluding hydrogens is 270 g/mol. The molecule has 0 radical (unpaired) electrons. The lowest BCUT2D eigenvalue weighted by Crippen LogP contribution is -2.26. The molecule has 2 N–H and O–H groups in total. The SMILES string of the molecule is O=C(O)COc1ccc(NC(=O)C(C2CC2)C2CC2)cc1. The Hall–Kier alpha value is -2.04. The van der Waals surface area contributed by atoms with Crippen LogP contribution in [0.3, 0.4) is 0 Å².